The molecule has 7 nitrogen and oxygen atoms in total. The van der Waals surface area contributed by atoms with Gasteiger partial charge in [0, 0.05) is 6.21 Å². The molecule has 0 bridgehead atoms. The predicted octanol–water partition coefficient (Wildman–Crippen LogP) is 2.32. The fraction of sp³-hybridized carbons (Fsp3) is 0.588. The molecule has 0 N–H and O–H groups in total. The number of rotatable bonds is 8. The Morgan fingerprint density at radius 1 is 1.42 bits per heavy atom. The molecule has 24 heavy (non-hydrogen) atoms. The van der Waals surface area contributed by atoms with E-state index in [1.54, 1.807) is 13.1 Å². The van der Waals surface area contributed by atoms with Crippen molar-refractivity contribution in [1.82, 2.24) is 9.55 Å². The normalized spacial score (nSPS) is 14.6. The number of aliphatic imine (C=N–C) groups is 2. The van der Waals surface area contributed by atoms with E-state index in [1.807, 2.05) is 6.92 Å². The number of ether oxygens (including phenoxy) is 1. The monoisotopic (exact) mass is 334 g/mol. The summed E-state index contributed by atoms with van der Waals surface area (Å²) in [6.07, 6.45) is 5.54. The van der Waals surface area contributed by atoms with Gasteiger partial charge in [-0.05, 0) is 25.7 Å². The van der Waals surface area contributed by atoms with Crippen LogP contribution in [-0.2, 0) is 16.1 Å². The molecule has 0 amide bonds. The number of aromatic nitrogens is 2. The number of carbonyl (C=O) groups is 1. The van der Waals surface area contributed by atoms with Crippen molar-refractivity contribution >= 4 is 24.2 Å². The molecule has 0 aliphatic heterocycles. The number of carbonyl (C=O) groups excluding carboxylic acids is 1. The predicted molar refractivity (Wildman–Crippen MR) is 95.4 cm³/mol. The summed E-state index contributed by atoms with van der Waals surface area (Å²) in [6, 6.07) is -0.468. The van der Waals surface area contributed by atoms with Crippen LogP contribution in [0.25, 0.3) is 0 Å². The van der Waals surface area contributed by atoms with E-state index in [2.05, 4.69) is 28.8 Å². The average molecular weight is 334 g/mol. The van der Waals surface area contributed by atoms with Gasteiger partial charge in [-0.3, -0.25) is 9.36 Å². The highest BCUT2D eigenvalue weighted by Crippen LogP contribution is 2.10. The maximum atomic E-state index is 12.4. The first-order valence-corrected chi connectivity index (χ1v) is 8.12. The third-order valence-electron chi connectivity index (χ3n) is 3.76. The molecule has 0 saturated heterocycles. The first kappa shape index (κ1) is 19.7. The van der Waals surface area contributed by atoms with Crippen LogP contribution >= 0.6 is 0 Å². The third-order valence-corrected chi connectivity index (χ3v) is 3.76. The lowest BCUT2D eigenvalue weighted by molar-refractivity contribution is -0.108. The van der Waals surface area contributed by atoms with E-state index < -0.39 is 6.04 Å². The molecular formula is C17H26N4O3. The van der Waals surface area contributed by atoms with E-state index in [-0.39, 0.29) is 12.1 Å². The lowest BCUT2D eigenvalue weighted by Crippen LogP contribution is -2.27. The number of methoxy groups -OCH3 is 1. The summed E-state index contributed by atoms with van der Waals surface area (Å²) in [6.45, 7) is 7.81. The zero-order valence-electron chi connectivity index (χ0n) is 15.0. The number of hydrogen-bond donors (Lipinski definition) is 0. The van der Waals surface area contributed by atoms with Crippen molar-refractivity contribution in [3.8, 4) is 0 Å². The maximum absolute atomic E-state index is 12.4. The highest BCUT2D eigenvalue weighted by molar-refractivity contribution is 5.78. The standard InChI is InChI=1S/C17H26N4O3/c1-6-12(3)8-18-16-13(4)17(23)21(11-19-16)9-15(24-5)20-14(7-2)10-22/h8,10-12,14H,6-7,9H2,1-5H3/b18-8-,20-15-/t12?,14-/m1/s1. The van der Waals surface area contributed by atoms with Gasteiger partial charge in [0.2, 0.25) is 5.90 Å². The molecule has 132 valence electrons. The molecule has 0 fully saturated rings. The Kier molecular flexibility index (Phi) is 8.01. The first-order chi connectivity index (χ1) is 11.5. The van der Waals surface area contributed by atoms with Crippen molar-refractivity contribution in [2.24, 2.45) is 15.9 Å². The Labute approximate surface area is 142 Å². The highest BCUT2D eigenvalue weighted by Gasteiger charge is 2.11. The average Bonchev–Trinajstić information content (AvgIpc) is 2.61. The maximum Gasteiger partial charge on any atom is 0.258 e. The minimum absolute atomic E-state index is 0.128. The topological polar surface area (TPSA) is 85.9 Å². The van der Waals surface area contributed by atoms with Gasteiger partial charge in [-0.1, -0.05) is 20.8 Å². The molecule has 1 unspecified atom stereocenters. The fourth-order valence-corrected chi connectivity index (χ4v) is 1.84. The zero-order chi connectivity index (χ0) is 18.1. The molecule has 0 spiro atoms. The lowest BCUT2D eigenvalue weighted by Gasteiger charge is -2.11. The van der Waals surface area contributed by atoms with Gasteiger partial charge in [0.15, 0.2) is 5.82 Å². The largest absolute Gasteiger partial charge is 0.483 e. The van der Waals surface area contributed by atoms with Crippen LogP contribution in [0, 0.1) is 12.8 Å². The van der Waals surface area contributed by atoms with Gasteiger partial charge in [0.05, 0.1) is 12.7 Å². The van der Waals surface area contributed by atoms with Crippen LogP contribution in [-0.4, -0.2) is 41.1 Å². The summed E-state index contributed by atoms with van der Waals surface area (Å²) in [5.41, 5.74) is 0.264. The summed E-state index contributed by atoms with van der Waals surface area (Å²) < 4.78 is 6.58. The minimum Gasteiger partial charge on any atom is -0.483 e. The van der Waals surface area contributed by atoms with Gasteiger partial charge in [0.1, 0.15) is 25.2 Å². The van der Waals surface area contributed by atoms with Gasteiger partial charge < -0.3 is 9.53 Å². The number of hydrogen-bond acceptors (Lipinski definition) is 6. The molecule has 7 heteroatoms. The molecule has 2 atom stereocenters. The minimum atomic E-state index is -0.468. The third kappa shape index (κ3) is 5.40. The smallest absolute Gasteiger partial charge is 0.258 e. The Balaban J connectivity index is 3.06. The van der Waals surface area contributed by atoms with Crippen molar-refractivity contribution in [3.05, 3.63) is 22.2 Å². The van der Waals surface area contributed by atoms with Crippen LogP contribution in [0.4, 0.5) is 5.82 Å². The van der Waals surface area contributed by atoms with Crippen molar-refractivity contribution in [2.45, 2.75) is 53.1 Å². The Hall–Kier alpha value is -2.31. The molecule has 0 aromatic carbocycles. The second-order valence-corrected chi connectivity index (χ2v) is 5.63. The van der Waals surface area contributed by atoms with Crippen LogP contribution in [0.15, 0.2) is 21.1 Å². The van der Waals surface area contributed by atoms with Crippen LogP contribution in [0.2, 0.25) is 0 Å². The van der Waals surface area contributed by atoms with Crippen LogP contribution in [0.3, 0.4) is 0 Å². The highest BCUT2D eigenvalue weighted by atomic mass is 16.5. The van der Waals surface area contributed by atoms with E-state index in [0.717, 1.165) is 12.7 Å². The molecule has 0 saturated carbocycles. The van der Waals surface area contributed by atoms with Crippen LogP contribution in [0.1, 0.15) is 39.2 Å². The summed E-state index contributed by atoms with van der Waals surface area (Å²) >= 11 is 0. The zero-order valence-corrected chi connectivity index (χ0v) is 15.0. The molecule has 1 heterocycles. The van der Waals surface area contributed by atoms with E-state index in [4.69, 9.17) is 4.74 Å². The fourth-order valence-electron chi connectivity index (χ4n) is 1.84. The first-order valence-electron chi connectivity index (χ1n) is 8.12. The van der Waals surface area contributed by atoms with E-state index in [0.29, 0.717) is 29.6 Å². The quantitative estimate of drug-likeness (QED) is 0.415. The van der Waals surface area contributed by atoms with Gasteiger partial charge in [-0.2, -0.15) is 0 Å². The molecule has 0 aliphatic carbocycles. The second-order valence-electron chi connectivity index (χ2n) is 5.63. The SMILES string of the molecule is CCC(C)/C=N\c1ncn(C/C(=N/[C@@H](C=O)CC)OC)c(=O)c1C. The summed E-state index contributed by atoms with van der Waals surface area (Å²) in [5.74, 6) is 1.06. The summed E-state index contributed by atoms with van der Waals surface area (Å²) in [4.78, 5) is 36.1. The van der Waals surface area contributed by atoms with E-state index in [9.17, 15) is 9.59 Å². The molecule has 1 aromatic heterocycles. The number of nitrogens with zero attached hydrogens (tertiary/aromatic N) is 4. The second kappa shape index (κ2) is 9.75. The van der Waals surface area contributed by atoms with Gasteiger partial charge in [-0.15, -0.1) is 0 Å². The Morgan fingerprint density at radius 3 is 2.67 bits per heavy atom. The van der Waals surface area contributed by atoms with Crippen LogP contribution < -0.4 is 5.56 Å². The summed E-state index contributed by atoms with van der Waals surface area (Å²) in [7, 11) is 1.46. The Morgan fingerprint density at radius 2 is 2.12 bits per heavy atom. The van der Waals surface area contributed by atoms with Crippen molar-refractivity contribution in [3.63, 3.8) is 0 Å². The van der Waals surface area contributed by atoms with Crippen molar-refractivity contribution in [1.29, 1.82) is 0 Å². The van der Waals surface area contributed by atoms with E-state index >= 15 is 0 Å². The molecule has 0 aliphatic rings. The van der Waals surface area contributed by atoms with Crippen molar-refractivity contribution < 1.29 is 9.53 Å². The van der Waals surface area contributed by atoms with Gasteiger partial charge >= 0.3 is 0 Å². The molecule has 1 aromatic rings. The number of aldehydes is 1. The van der Waals surface area contributed by atoms with Crippen molar-refractivity contribution in [2.75, 3.05) is 7.11 Å². The molecular weight excluding hydrogens is 308 g/mol. The Bertz CT molecular complexity index is 664. The molecule has 1 rings (SSSR count). The summed E-state index contributed by atoms with van der Waals surface area (Å²) in [5, 5.41) is 0. The lowest BCUT2D eigenvalue weighted by atomic mass is 10.1. The molecule has 0 radical (unpaired) electrons. The van der Waals surface area contributed by atoms with Gasteiger partial charge in [0.25, 0.3) is 5.56 Å². The van der Waals surface area contributed by atoms with Crippen LogP contribution in [0.5, 0.6) is 0 Å². The van der Waals surface area contributed by atoms with E-state index in [1.165, 1.54) is 18.0 Å². The van der Waals surface area contributed by atoms with Gasteiger partial charge in [-0.25, -0.2) is 15.0 Å².